The van der Waals surface area contributed by atoms with Crippen LogP contribution >= 0.6 is 0 Å². The first-order chi connectivity index (χ1) is 14.8. The molecule has 2 aromatic carbocycles. The third kappa shape index (κ3) is 5.98. The Bertz CT molecular complexity index is 768. The van der Waals surface area contributed by atoms with Gasteiger partial charge in [-0.05, 0) is 43.0 Å². The van der Waals surface area contributed by atoms with Crippen LogP contribution < -0.4 is 9.64 Å². The molecule has 2 fully saturated rings. The Morgan fingerprint density at radius 3 is 2.40 bits per heavy atom. The lowest BCUT2D eigenvalue weighted by atomic mass is 9.86. The van der Waals surface area contributed by atoms with E-state index in [1.807, 2.05) is 36.4 Å². The average molecular weight is 411 g/mol. The number of halogens is 1. The molecule has 0 radical (unpaired) electrons. The molecule has 1 aliphatic carbocycles. The Hall–Kier alpha value is -2.07. The maximum atomic E-state index is 14.6. The smallest absolute Gasteiger partial charge is 0.167 e. The van der Waals surface area contributed by atoms with E-state index >= 15 is 0 Å². The van der Waals surface area contributed by atoms with Gasteiger partial charge in [0.1, 0.15) is 6.61 Å². The normalized spacial score (nSPS) is 18.5. The van der Waals surface area contributed by atoms with Gasteiger partial charge in [0.15, 0.2) is 11.6 Å². The van der Waals surface area contributed by atoms with Crippen LogP contribution in [0.1, 0.15) is 50.5 Å². The molecule has 0 N–H and O–H groups in total. The van der Waals surface area contributed by atoms with Crippen molar-refractivity contribution >= 4 is 5.69 Å². The Morgan fingerprint density at radius 1 is 0.900 bits per heavy atom. The highest BCUT2D eigenvalue weighted by molar-refractivity contribution is 5.50. The van der Waals surface area contributed by atoms with Crippen molar-refractivity contribution in [3.63, 3.8) is 0 Å². The Labute approximate surface area is 180 Å². The van der Waals surface area contributed by atoms with Crippen LogP contribution in [0, 0.1) is 11.7 Å². The number of ether oxygens (including phenoxy) is 1. The summed E-state index contributed by atoms with van der Waals surface area (Å²) in [6, 6.07) is 15.3. The van der Waals surface area contributed by atoms with Gasteiger partial charge >= 0.3 is 0 Å². The van der Waals surface area contributed by atoms with Crippen LogP contribution in [0.5, 0.6) is 5.75 Å². The zero-order valence-electron chi connectivity index (χ0n) is 18.1. The van der Waals surface area contributed by atoms with E-state index in [4.69, 9.17) is 4.74 Å². The molecule has 30 heavy (non-hydrogen) atoms. The minimum atomic E-state index is -0.279. The lowest BCUT2D eigenvalue weighted by Crippen LogP contribution is -2.46. The molecule has 4 rings (SSSR count). The Morgan fingerprint density at radius 2 is 1.67 bits per heavy atom. The van der Waals surface area contributed by atoms with Gasteiger partial charge in [0.2, 0.25) is 0 Å². The predicted molar refractivity (Wildman–Crippen MR) is 122 cm³/mol. The topological polar surface area (TPSA) is 15.7 Å². The van der Waals surface area contributed by atoms with Crippen LogP contribution in [-0.4, -0.2) is 37.6 Å². The Kier molecular flexibility index (Phi) is 7.63. The molecule has 0 spiro atoms. The summed E-state index contributed by atoms with van der Waals surface area (Å²) in [5, 5.41) is 0. The summed E-state index contributed by atoms with van der Waals surface area (Å²) in [6.45, 7) is 5.67. The van der Waals surface area contributed by atoms with Gasteiger partial charge in [-0.3, -0.25) is 4.90 Å². The van der Waals surface area contributed by atoms with Gasteiger partial charge in [0.25, 0.3) is 0 Å². The third-order valence-corrected chi connectivity index (χ3v) is 6.70. The number of anilines is 1. The molecule has 1 heterocycles. The summed E-state index contributed by atoms with van der Waals surface area (Å²) in [7, 11) is 0. The molecule has 2 aliphatic rings. The number of hydrogen-bond acceptors (Lipinski definition) is 3. The maximum Gasteiger partial charge on any atom is 0.167 e. The average Bonchev–Trinajstić information content (AvgIpc) is 2.80. The first kappa shape index (κ1) is 21.2. The van der Waals surface area contributed by atoms with Crippen molar-refractivity contribution in [3.8, 4) is 5.75 Å². The van der Waals surface area contributed by atoms with Crippen molar-refractivity contribution in [1.82, 2.24) is 4.90 Å². The fourth-order valence-corrected chi connectivity index (χ4v) is 4.85. The largest absolute Gasteiger partial charge is 0.486 e. The summed E-state index contributed by atoms with van der Waals surface area (Å²) in [5.41, 5.74) is 2.00. The van der Waals surface area contributed by atoms with Crippen molar-refractivity contribution in [2.24, 2.45) is 5.92 Å². The number of piperazine rings is 1. The highest BCUT2D eigenvalue weighted by Crippen LogP contribution is 2.28. The fraction of sp³-hybridized carbons (Fsp3) is 0.538. The number of benzene rings is 2. The standard InChI is InChI=1S/C26H35FN2O/c27-25-20-24(13-14-26(25)30-21-23-10-5-2-6-11-23)29-18-16-28(17-19-29)15-7-12-22-8-3-1-4-9-22/h2,5-6,10-11,13-14,20,22H,1,3-4,7-9,12,15-19,21H2. The second-order valence-corrected chi connectivity index (χ2v) is 8.86. The van der Waals surface area contributed by atoms with Crippen molar-refractivity contribution in [1.29, 1.82) is 0 Å². The molecule has 0 amide bonds. The highest BCUT2D eigenvalue weighted by Gasteiger charge is 2.19. The van der Waals surface area contributed by atoms with Gasteiger partial charge in [-0.2, -0.15) is 0 Å². The summed E-state index contributed by atoms with van der Waals surface area (Å²) >= 11 is 0. The molecule has 3 nitrogen and oxygen atoms in total. The zero-order valence-corrected chi connectivity index (χ0v) is 18.1. The van der Waals surface area contributed by atoms with E-state index in [9.17, 15) is 4.39 Å². The first-order valence-corrected chi connectivity index (χ1v) is 11.7. The Balaban J connectivity index is 1.21. The van der Waals surface area contributed by atoms with E-state index < -0.39 is 0 Å². The van der Waals surface area contributed by atoms with Gasteiger partial charge < -0.3 is 9.64 Å². The summed E-state index contributed by atoms with van der Waals surface area (Å²) in [6.07, 6.45) is 9.95. The molecule has 1 aliphatic heterocycles. The van der Waals surface area contributed by atoms with E-state index in [1.54, 1.807) is 12.1 Å². The van der Waals surface area contributed by atoms with E-state index in [1.165, 1.54) is 51.5 Å². The van der Waals surface area contributed by atoms with Crippen molar-refractivity contribution in [2.45, 2.75) is 51.6 Å². The van der Waals surface area contributed by atoms with Gasteiger partial charge in [0, 0.05) is 37.9 Å². The minimum Gasteiger partial charge on any atom is -0.486 e. The van der Waals surface area contributed by atoms with E-state index in [-0.39, 0.29) is 5.82 Å². The molecule has 0 unspecified atom stereocenters. The van der Waals surface area contributed by atoms with Crippen LogP contribution in [0.25, 0.3) is 0 Å². The summed E-state index contributed by atoms with van der Waals surface area (Å²) < 4.78 is 20.2. The molecule has 1 saturated carbocycles. The second kappa shape index (κ2) is 10.8. The third-order valence-electron chi connectivity index (χ3n) is 6.70. The first-order valence-electron chi connectivity index (χ1n) is 11.7. The van der Waals surface area contributed by atoms with E-state index in [2.05, 4.69) is 9.80 Å². The predicted octanol–water partition coefficient (Wildman–Crippen LogP) is 5.89. The lowest BCUT2D eigenvalue weighted by Gasteiger charge is -2.36. The molecule has 0 atom stereocenters. The van der Waals surface area contributed by atoms with Crippen molar-refractivity contribution in [2.75, 3.05) is 37.6 Å². The number of nitrogens with zero attached hydrogens (tertiary/aromatic N) is 2. The van der Waals surface area contributed by atoms with E-state index in [0.29, 0.717) is 12.4 Å². The van der Waals surface area contributed by atoms with Gasteiger partial charge in [0.05, 0.1) is 0 Å². The number of hydrogen-bond donors (Lipinski definition) is 0. The molecule has 1 saturated heterocycles. The van der Waals surface area contributed by atoms with Gasteiger partial charge in [-0.1, -0.05) is 62.4 Å². The molecule has 0 bridgehead atoms. The van der Waals surface area contributed by atoms with Crippen LogP contribution in [0.4, 0.5) is 10.1 Å². The molecule has 162 valence electrons. The highest BCUT2D eigenvalue weighted by atomic mass is 19.1. The van der Waals surface area contributed by atoms with Crippen LogP contribution in [0.15, 0.2) is 48.5 Å². The molecule has 0 aromatic heterocycles. The van der Waals surface area contributed by atoms with Crippen LogP contribution in [-0.2, 0) is 6.61 Å². The summed E-state index contributed by atoms with van der Waals surface area (Å²) in [5.74, 6) is 1.02. The monoisotopic (exact) mass is 410 g/mol. The molecular weight excluding hydrogens is 375 g/mol. The molecule has 2 aromatic rings. The van der Waals surface area contributed by atoms with Crippen LogP contribution in [0.3, 0.4) is 0 Å². The summed E-state index contributed by atoms with van der Waals surface area (Å²) in [4.78, 5) is 4.87. The van der Waals surface area contributed by atoms with Crippen molar-refractivity contribution < 1.29 is 9.13 Å². The van der Waals surface area contributed by atoms with E-state index in [0.717, 1.165) is 43.3 Å². The molecule has 4 heteroatoms. The lowest BCUT2D eigenvalue weighted by molar-refractivity contribution is 0.237. The van der Waals surface area contributed by atoms with Crippen molar-refractivity contribution in [3.05, 3.63) is 59.9 Å². The molecular formula is C26H35FN2O. The minimum absolute atomic E-state index is 0.279. The quantitative estimate of drug-likeness (QED) is 0.540. The van der Waals surface area contributed by atoms with Crippen LogP contribution in [0.2, 0.25) is 0 Å². The fourth-order valence-electron chi connectivity index (χ4n) is 4.85. The van der Waals surface area contributed by atoms with Gasteiger partial charge in [-0.15, -0.1) is 0 Å². The SMILES string of the molecule is Fc1cc(N2CCN(CCCC3CCCCC3)CC2)ccc1OCc1ccccc1. The number of rotatable bonds is 8. The van der Waals surface area contributed by atoms with Gasteiger partial charge in [-0.25, -0.2) is 4.39 Å². The maximum absolute atomic E-state index is 14.6. The zero-order chi connectivity index (χ0) is 20.6. The second-order valence-electron chi connectivity index (χ2n) is 8.86.